The summed E-state index contributed by atoms with van der Waals surface area (Å²) in [7, 11) is 0. The van der Waals surface area contributed by atoms with Crippen LogP contribution in [-0.2, 0) is 21.7 Å². The summed E-state index contributed by atoms with van der Waals surface area (Å²) in [6, 6.07) is 10.0. The molecule has 0 saturated heterocycles. The van der Waals surface area contributed by atoms with E-state index in [9.17, 15) is 0 Å². The Balaban J connectivity index is -0.0000000312. The fourth-order valence-electron chi connectivity index (χ4n) is 0.321. The Morgan fingerprint density at radius 1 is 0.778 bits per heavy atom. The van der Waals surface area contributed by atoms with Gasteiger partial charge in [0, 0.05) is 0 Å². The predicted molar refractivity (Wildman–Crippen MR) is 22.0 cm³/mol. The van der Waals surface area contributed by atoms with Gasteiger partial charge in [0.15, 0.2) is 0 Å². The summed E-state index contributed by atoms with van der Waals surface area (Å²) in [6.45, 7) is 0. The summed E-state index contributed by atoms with van der Waals surface area (Å²) in [4.78, 5) is 0. The molecule has 0 aromatic heterocycles. The van der Waals surface area contributed by atoms with Crippen LogP contribution in [0.1, 0.15) is 0 Å². The number of hydrogen-bond donors (Lipinski definition) is 0. The largest absolute Gasteiger partial charge is 4.00 e. The van der Waals surface area contributed by atoms with Crippen LogP contribution in [0.2, 0.25) is 0 Å². The van der Waals surface area contributed by atoms with Crippen LogP contribution < -0.4 is 50.9 Å². The van der Waals surface area contributed by atoms with Crippen molar-refractivity contribution < 1.29 is 72.7 Å². The van der Waals surface area contributed by atoms with Crippen LogP contribution in [0.15, 0.2) is 30.3 Å². The normalized spacial score (nSPS) is 4.44. The quantitative estimate of drug-likeness (QED) is 0.321. The molecule has 0 spiro atoms. The average molecular weight is 353 g/mol. The Labute approximate surface area is 102 Å². The van der Waals surface area contributed by atoms with Gasteiger partial charge in [-0.1, -0.05) is 0 Å². The molecule has 50 valence electrons. The van der Waals surface area contributed by atoms with Crippen LogP contribution in [0.4, 0.5) is 0 Å². The SMILES string of the molecule is [Br-].[Br-].[Br-].[Ti+4].c1cc[cH-]c1. The average Bonchev–Trinajstić information content (AvgIpc) is 1.76. The van der Waals surface area contributed by atoms with Crippen molar-refractivity contribution in [2.24, 2.45) is 0 Å². The van der Waals surface area contributed by atoms with Crippen LogP contribution in [-0.4, -0.2) is 0 Å². The van der Waals surface area contributed by atoms with Crippen molar-refractivity contribution in [1.29, 1.82) is 0 Å². The molecular formula is C5H5Br3Ti. The van der Waals surface area contributed by atoms with E-state index in [0.717, 1.165) is 0 Å². The summed E-state index contributed by atoms with van der Waals surface area (Å²) < 4.78 is 0. The Bertz CT molecular complexity index is 68.7. The van der Waals surface area contributed by atoms with E-state index in [4.69, 9.17) is 0 Å². The zero-order valence-electron chi connectivity index (χ0n) is 4.52. The molecule has 0 radical (unpaired) electrons. The van der Waals surface area contributed by atoms with E-state index < -0.39 is 0 Å². The fraction of sp³-hybridized carbons (Fsp3) is 0. The minimum absolute atomic E-state index is 0. The molecule has 0 atom stereocenters. The molecule has 9 heavy (non-hydrogen) atoms. The smallest absolute Gasteiger partial charge is 1.00 e. The van der Waals surface area contributed by atoms with E-state index >= 15 is 0 Å². The second-order valence-corrected chi connectivity index (χ2v) is 0.962. The van der Waals surface area contributed by atoms with Gasteiger partial charge >= 0.3 is 21.7 Å². The van der Waals surface area contributed by atoms with Gasteiger partial charge in [-0.3, -0.25) is 0 Å². The van der Waals surface area contributed by atoms with Crippen LogP contribution in [0.3, 0.4) is 0 Å². The zero-order chi connectivity index (χ0) is 3.54. The molecule has 0 heterocycles. The van der Waals surface area contributed by atoms with Crippen LogP contribution in [0.25, 0.3) is 0 Å². The molecule has 0 fully saturated rings. The van der Waals surface area contributed by atoms with Crippen molar-refractivity contribution in [1.82, 2.24) is 0 Å². The van der Waals surface area contributed by atoms with E-state index in [2.05, 4.69) is 0 Å². The van der Waals surface area contributed by atoms with Crippen LogP contribution >= 0.6 is 0 Å². The summed E-state index contributed by atoms with van der Waals surface area (Å²) in [6.07, 6.45) is 0. The first kappa shape index (κ1) is 22.4. The Hall–Kier alpha value is 1.50. The van der Waals surface area contributed by atoms with E-state index in [1.807, 2.05) is 30.3 Å². The fourth-order valence-corrected chi connectivity index (χ4v) is 0.321. The molecule has 1 aromatic rings. The molecule has 0 amide bonds. The Morgan fingerprint density at radius 2 is 1.11 bits per heavy atom. The van der Waals surface area contributed by atoms with Gasteiger partial charge in [0.05, 0.1) is 0 Å². The van der Waals surface area contributed by atoms with Crippen molar-refractivity contribution >= 4 is 0 Å². The van der Waals surface area contributed by atoms with Crippen molar-refractivity contribution in [3.8, 4) is 0 Å². The maximum atomic E-state index is 2.00. The molecule has 1 aromatic carbocycles. The van der Waals surface area contributed by atoms with Gasteiger partial charge in [-0.05, 0) is 0 Å². The molecule has 0 aliphatic rings. The Kier molecular flexibility index (Phi) is 40.5. The van der Waals surface area contributed by atoms with E-state index in [0.29, 0.717) is 0 Å². The molecule has 1 rings (SSSR count). The number of hydrogen-bond acceptors (Lipinski definition) is 0. The van der Waals surface area contributed by atoms with Gasteiger partial charge in [0.2, 0.25) is 0 Å². The van der Waals surface area contributed by atoms with Crippen molar-refractivity contribution in [3.05, 3.63) is 30.3 Å². The molecule has 0 saturated carbocycles. The van der Waals surface area contributed by atoms with Gasteiger partial charge in [-0.15, -0.1) is 0 Å². The molecule has 0 aliphatic carbocycles. The van der Waals surface area contributed by atoms with Gasteiger partial charge in [-0.25, -0.2) is 12.1 Å². The van der Waals surface area contributed by atoms with Gasteiger partial charge in [-0.2, -0.15) is 18.2 Å². The third kappa shape index (κ3) is 12.7. The molecule has 0 N–H and O–H groups in total. The second-order valence-electron chi connectivity index (χ2n) is 0.962. The second kappa shape index (κ2) is 16.2. The molecule has 0 unspecified atom stereocenters. The van der Waals surface area contributed by atoms with Gasteiger partial charge in [0.25, 0.3) is 0 Å². The van der Waals surface area contributed by atoms with Crippen molar-refractivity contribution in [2.75, 3.05) is 0 Å². The minimum atomic E-state index is 0. The van der Waals surface area contributed by atoms with Crippen LogP contribution in [0.5, 0.6) is 0 Å². The molecule has 0 nitrogen and oxygen atoms in total. The van der Waals surface area contributed by atoms with E-state index in [-0.39, 0.29) is 72.7 Å². The first-order valence-electron chi connectivity index (χ1n) is 1.67. The first-order chi connectivity index (χ1) is 2.50. The monoisotopic (exact) mass is 350 g/mol. The predicted octanol–water partition coefficient (Wildman–Crippen LogP) is -7.59. The summed E-state index contributed by atoms with van der Waals surface area (Å²) >= 11 is 0. The molecule has 0 bridgehead atoms. The molecule has 0 aliphatic heterocycles. The molecular weight excluding hydrogens is 348 g/mol. The third-order valence-corrected chi connectivity index (χ3v) is 0.556. The maximum absolute atomic E-state index is 2.00. The van der Waals surface area contributed by atoms with E-state index in [1.54, 1.807) is 0 Å². The van der Waals surface area contributed by atoms with Gasteiger partial charge < -0.3 is 50.9 Å². The topological polar surface area (TPSA) is 0 Å². The first-order valence-corrected chi connectivity index (χ1v) is 1.67. The van der Waals surface area contributed by atoms with E-state index in [1.165, 1.54) is 0 Å². The molecule has 4 heteroatoms. The third-order valence-electron chi connectivity index (χ3n) is 0.556. The summed E-state index contributed by atoms with van der Waals surface area (Å²) in [5.41, 5.74) is 0. The number of rotatable bonds is 0. The van der Waals surface area contributed by atoms with Crippen molar-refractivity contribution in [2.45, 2.75) is 0 Å². The standard InChI is InChI=1S/C5H5.3BrH.Ti/c1-2-4-5-3-1;;;;/h1-5H;3*1H;/q-1;;;;+4/p-3. The summed E-state index contributed by atoms with van der Waals surface area (Å²) in [5, 5.41) is 0. The maximum Gasteiger partial charge on any atom is 4.00 e. The summed E-state index contributed by atoms with van der Waals surface area (Å²) in [5.74, 6) is 0. The zero-order valence-corrected chi connectivity index (χ0v) is 10.8. The van der Waals surface area contributed by atoms with Crippen LogP contribution in [0, 0.1) is 0 Å². The minimum Gasteiger partial charge on any atom is -1.00 e. The Morgan fingerprint density at radius 3 is 1.22 bits per heavy atom. The number of halogens is 3. The van der Waals surface area contributed by atoms with Gasteiger partial charge in [0.1, 0.15) is 0 Å². The van der Waals surface area contributed by atoms with Crippen molar-refractivity contribution in [3.63, 3.8) is 0 Å².